The van der Waals surface area contributed by atoms with Crippen LogP contribution in [0.25, 0.3) is 5.82 Å². The van der Waals surface area contributed by atoms with Gasteiger partial charge in [0.1, 0.15) is 15.8 Å². The van der Waals surface area contributed by atoms with E-state index in [2.05, 4.69) is 52.6 Å². The highest BCUT2D eigenvalue weighted by Gasteiger charge is 2.51. The van der Waals surface area contributed by atoms with E-state index in [1.54, 1.807) is 24.4 Å². The van der Waals surface area contributed by atoms with Crippen LogP contribution in [0.2, 0.25) is 5.02 Å². The van der Waals surface area contributed by atoms with Crippen LogP contribution in [-0.2, 0) is 4.79 Å². The predicted octanol–water partition coefficient (Wildman–Crippen LogP) is 4.66. The van der Waals surface area contributed by atoms with Gasteiger partial charge in [0.15, 0.2) is 5.82 Å². The second-order valence-corrected chi connectivity index (χ2v) is 9.01. The van der Waals surface area contributed by atoms with E-state index in [1.165, 1.54) is 4.68 Å². The Bertz CT molecular complexity index is 1160. The van der Waals surface area contributed by atoms with E-state index in [-0.39, 0.29) is 11.6 Å². The lowest BCUT2D eigenvalue weighted by molar-refractivity contribution is -0.118. The number of aryl methyl sites for hydroxylation is 1. The molecule has 0 unspecified atom stereocenters. The highest BCUT2D eigenvalue weighted by molar-refractivity contribution is 9.10. The van der Waals surface area contributed by atoms with Crippen molar-refractivity contribution in [2.24, 2.45) is 0 Å². The largest absolute Gasteiger partial charge is 0.336 e. The molecule has 2 aromatic heterocycles. The molecule has 1 saturated carbocycles. The van der Waals surface area contributed by atoms with Crippen molar-refractivity contribution in [3.8, 4) is 5.82 Å². The molecular formula is C20H16Br2ClN5O2. The fourth-order valence-corrected chi connectivity index (χ4v) is 3.95. The summed E-state index contributed by atoms with van der Waals surface area (Å²) in [5.74, 6) is -0.373. The summed E-state index contributed by atoms with van der Waals surface area (Å²) in [4.78, 5) is 30.2. The average molecular weight is 554 g/mol. The molecule has 0 aliphatic heterocycles. The SMILES string of the molecule is Cc1cccc(NC(=O)C2(NC(=O)c3cc(Br)nn3-c3ncccc3Cl)CC2)c1Br. The van der Waals surface area contributed by atoms with Gasteiger partial charge in [-0.15, -0.1) is 0 Å². The van der Waals surface area contributed by atoms with Crippen molar-refractivity contribution in [2.75, 3.05) is 5.32 Å². The van der Waals surface area contributed by atoms with Crippen molar-refractivity contribution >= 4 is 61.0 Å². The molecule has 0 radical (unpaired) electrons. The van der Waals surface area contributed by atoms with Crippen LogP contribution in [0.15, 0.2) is 51.7 Å². The number of rotatable bonds is 5. The fraction of sp³-hybridized carbons (Fsp3) is 0.200. The van der Waals surface area contributed by atoms with Crippen molar-refractivity contribution in [2.45, 2.75) is 25.3 Å². The number of carbonyl (C=O) groups excluding carboxylic acids is 2. The molecule has 1 aliphatic carbocycles. The summed E-state index contributed by atoms with van der Waals surface area (Å²) in [6.45, 7) is 1.94. The van der Waals surface area contributed by atoms with Gasteiger partial charge in [0.05, 0.1) is 10.7 Å². The topological polar surface area (TPSA) is 88.9 Å². The Morgan fingerprint density at radius 2 is 1.97 bits per heavy atom. The number of hydrogen-bond donors (Lipinski definition) is 2. The fourth-order valence-electron chi connectivity index (χ4n) is 3.01. The van der Waals surface area contributed by atoms with Gasteiger partial charge in [-0.05, 0) is 75.4 Å². The van der Waals surface area contributed by atoms with Gasteiger partial charge in [-0.3, -0.25) is 9.59 Å². The first-order chi connectivity index (χ1) is 14.3. The molecule has 0 spiro atoms. The lowest BCUT2D eigenvalue weighted by Gasteiger charge is -2.18. The maximum Gasteiger partial charge on any atom is 0.270 e. The molecule has 0 atom stereocenters. The Hall–Kier alpha value is -2.23. The number of amides is 2. The number of aromatic nitrogens is 3. The number of pyridine rings is 1. The van der Waals surface area contributed by atoms with E-state index in [9.17, 15) is 9.59 Å². The minimum atomic E-state index is -0.963. The summed E-state index contributed by atoms with van der Waals surface area (Å²) < 4.78 is 2.62. The van der Waals surface area contributed by atoms with Crippen LogP contribution < -0.4 is 10.6 Å². The van der Waals surface area contributed by atoms with Crippen LogP contribution in [0.5, 0.6) is 0 Å². The Balaban J connectivity index is 1.57. The molecule has 0 bridgehead atoms. The minimum Gasteiger partial charge on any atom is -0.336 e. The van der Waals surface area contributed by atoms with E-state index in [0.29, 0.717) is 34.0 Å². The van der Waals surface area contributed by atoms with E-state index in [0.717, 1.165) is 10.0 Å². The predicted molar refractivity (Wildman–Crippen MR) is 121 cm³/mol. The Kier molecular flexibility index (Phi) is 5.69. The first-order valence-corrected chi connectivity index (χ1v) is 11.0. The number of nitrogens with one attached hydrogen (secondary N) is 2. The first-order valence-electron chi connectivity index (χ1n) is 9.06. The van der Waals surface area contributed by atoms with E-state index in [4.69, 9.17) is 11.6 Å². The van der Waals surface area contributed by atoms with Gasteiger partial charge in [-0.2, -0.15) is 5.10 Å². The van der Waals surface area contributed by atoms with Gasteiger partial charge in [-0.25, -0.2) is 9.67 Å². The highest BCUT2D eigenvalue weighted by Crippen LogP contribution is 2.38. The third kappa shape index (κ3) is 4.01. The van der Waals surface area contributed by atoms with Crippen LogP contribution in [0.1, 0.15) is 28.9 Å². The zero-order valence-electron chi connectivity index (χ0n) is 15.7. The molecule has 1 fully saturated rings. The molecule has 2 N–H and O–H groups in total. The van der Waals surface area contributed by atoms with Crippen LogP contribution in [-0.4, -0.2) is 32.1 Å². The molecule has 30 heavy (non-hydrogen) atoms. The summed E-state index contributed by atoms with van der Waals surface area (Å²) in [6, 6.07) is 10.5. The van der Waals surface area contributed by atoms with Gasteiger partial charge in [0, 0.05) is 16.7 Å². The van der Waals surface area contributed by atoms with Gasteiger partial charge in [-0.1, -0.05) is 23.7 Å². The zero-order chi connectivity index (χ0) is 21.5. The molecule has 1 aliphatic rings. The second-order valence-electron chi connectivity index (χ2n) is 7.00. The van der Waals surface area contributed by atoms with E-state index in [1.807, 2.05) is 25.1 Å². The van der Waals surface area contributed by atoms with E-state index < -0.39 is 11.4 Å². The highest BCUT2D eigenvalue weighted by atomic mass is 79.9. The Morgan fingerprint density at radius 3 is 2.67 bits per heavy atom. The summed E-state index contributed by atoms with van der Waals surface area (Å²) >= 11 is 13.0. The molecule has 4 rings (SSSR count). The van der Waals surface area contributed by atoms with E-state index >= 15 is 0 Å². The third-order valence-electron chi connectivity index (χ3n) is 4.83. The molecule has 3 aromatic rings. The Labute approximate surface area is 194 Å². The number of nitrogens with zero attached hydrogens (tertiary/aromatic N) is 3. The average Bonchev–Trinajstić information content (AvgIpc) is 3.39. The molecule has 154 valence electrons. The van der Waals surface area contributed by atoms with Crippen LogP contribution in [0, 0.1) is 6.92 Å². The van der Waals surface area contributed by atoms with Crippen molar-refractivity contribution in [1.82, 2.24) is 20.1 Å². The van der Waals surface area contributed by atoms with Crippen molar-refractivity contribution < 1.29 is 9.59 Å². The van der Waals surface area contributed by atoms with Gasteiger partial charge in [0.2, 0.25) is 5.91 Å². The Morgan fingerprint density at radius 1 is 1.20 bits per heavy atom. The maximum atomic E-state index is 13.0. The summed E-state index contributed by atoms with van der Waals surface area (Å²) in [5, 5.41) is 10.4. The lowest BCUT2D eigenvalue weighted by atomic mass is 10.2. The summed E-state index contributed by atoms with van der Waals surface area (Å²) in [7, 11) is 0. The third-order valence-corrected chi connectivity index (χ3v) is 6.56. The number of halogens is 3. The molecule has 7 nitrogen and oxygen atoms in total. The smallest absolute Gasteiger partial charge is 0.270 e. The maximum absolute atomic E-state index is 13.0. The molecule has 10 heteroatoms. The number of anilines is 1. The molecular weight excluding hydrogens is 538 g/mol. The quantitative estimate of drug-likeness (QED) is 0.481. The zero-order valence-corrected chi connectivity index (χ0v) is 19.7. The van der Waals surface area contributed by atoms with Crippen molar-refractivity contribution in [3.05, 3.63) is 68.0 Å². The minimum absolute atomic E-state index is 0.221. The van der Waals surface area contributed by atoms with Gasteiger partial charge >= 0.3 is 0 Å². The van der Waals surface area contributed by atoms with Gasteiger partial charge in [0.25, 0.3) is 5.91 Å². The number of hydrogen-bond acceptors (Lipinski definition) is 4. The van der Waals surface area contributed by atoms with Crippen molar-refractivity contribution in [1.29, 1.82) is 0 Å². The van der Waals surface area contributed by atoms with Crippen molar-refractivity contribution in [3.63, 3.8) is 0 Å². The molecule has 2 heterocycles. The number of carbonyl (C=O) groups is 2. The first kappa shape index (κ1) is 21.0. The molecule has 0 saturated heterocycles. The van der Waals surface area contributed by atoms with Crippen LogP contribution in [0.3, 0.4) is 0 Å². The standard InChI is InChI=1S/C20H16Br2ClN5O2/c1-11-4-2-6-13(16(11)22)25-19(30)20(7-8-20)26-18(29)14-10-15(21)27-28(14)17-12(23)5-3-9-24-17/h2-6,9-10H,7-8H2,1H3,(H,25,30)(H,26,29). The second kappa shape index (κ2) is 8.13. The molecule has 1 aromatic carbocycles. The lowest BCUT2D eigenvalue weighted by Crippen LogP contribution is -2.46. The summed E-state index contributed by atoms with van der Waals surface area (Å²) in [6.07, 6.45) is 2.66. The van der Waals surface area contributed by atoms with Gasteiger partial charge < -0.3 is 10.6 Å². The van der Waals surface area contributed by atoms with Crippen LogP contribution >= 0.6 is 43.5 Å². The normalized spacial score (nSPS) is 14.3. The molecule has 2 amide bonds. The summed E-state index contributed by atoms with van der Waals surface area (Å²) in [5.41, 5.74) is 0.921. The number of benzene rings is 1. The van der Waals surface area contributed by atoms with Crippen LogP contribution in [0.4, 0.5) is 5.69 Å². The monoisotopic (exact) mass is 551 g/mol.